The molecule has 8 rings (SSSR count). The number of rotatable bonds is 2. The SMILES string of the molecule is CN1Cc2cc(Cc3ncc4c(=O)n5n(c4n3)-c3ccc4c(n3)N(CCC/C=C\C5)C(=O)CO4)ccc2C2(CC2)C1. The first-order chi connectivity index (χ1) is 20.0. The zero-order valence-electron chi connectivity index (χ0n) is 23.0. The maximum Gasteiger partial charge on any atom is 0.278 e. The van der Waals surface area contributed by atoms with Gasteiger partial charge < -0.3 is 9.64 Å². The molecule has 0 radical (unpaired) electrons. The molecule has 2 bridgehead atoms. The van der Waals surface area contributed by atoms with Crippen LogP contribution in [0.1, 0.15) is 48.2 Å². The fourth-order valence-electron chi connectivity index (χ4n) is 6.74. The van der Waals surface area contributed by atoms with Crippen molar-refractivity contribution < 1.29 is 9.53 Å². The van der Waals surface area contributed by atoms with Crippen molar-refractivity contribution in [2.24, 2.45) is 0 Å². The molecule has 1 aromatic carbocycles. The van der Waals surface area contributed by atoms with Gasteiger partial charge >= 0.3 is 0 Å². The number of nitrogens with zero attached hydrogens (tertiary/aromatic N) is 7. The second kappa shape index (κ2) is 9.10. The Morgan fingerprint density at radius 3 is 2.85 bits per heavy atom. The van der Waals surface area contributed by atoms with Crippen molar-refractivity contribution in [1.82, 2.24) is 29.2 Å². The Bertz CT molecular complexity index is 1820. The Morgan fingerprint density at radius 1 is 1.07 bits per heavy atom. The summed E-state index contributed by atoms with van der Waals surface area (Å²) >= 11 is 0. The first kappa shape index (κ1) is 24.5. The Morgan fingerprint density at radius 2 is 1.98 bits per heavy atom. The van der Waals surface area contributed by atoms with Crippen molar-refractivity contribution in [2.45, 2.75) is 50.6 Å². The first-order valence-electron chi connectivity index (χ1n) is 14.4. The smallest absolute Gasteiger partial charge is 0.278 e. The monoisotopic (exact) mass is 549 g/mol. The summed E-state index contributed by atoms with van der Waals surface area (Å²) in [5.74, 6) is 2.07. The number of aromatic nitrogens is 5. The van der Waals surface area contributed by atoms with Crippen LogP contribution in [-0.2, 0) is 29.7 Å². The average molecular weight is 550 g/mol. The maximum absolute atomic E-state index is 13.6. The lowest BCUT2D eigenvalue weighted by Crippen LogP contribution is -2.40. The van der Waals surface area contributed by atoms with E-state index in [0.717, 1.165) is 31.5 Å². The van der Waals surface area contributed by atoms with Gasteiger partial charge in [-0.2, -0.15) is 0 Å². The van der Waals surface area contributed by atoms with E-state index in [9.17, 15) is 9.59 Å². The largest absolute Gasteiger partial charge is 0.480 e. The van der Waals surface area contributed by atoms with Gasteiger partial charge in [-0.25, -0.2) is 24.3 Å². The molecule has 10 heteroatoms. The number of ether oxygens (including phenoxy) is 1. The lowest BCUT2D eigenvalue weighted by atomic mass is 9.86. The predicted molar refractivity (Wildman–Crippen MR) is 154 cm³/mol. The van der Waals surface area contributed by atoms with Gasteiger partial charge in [0.25, 0.3) is 11.5 Å². The van der Waals surface area contributed by atoms with E-state index >= 15 is 0 Å². The molecule has 1 amide bonds. The highest BCUT2D eigenvalue weighted by atomic mass is 16.5. The standard InChI is InChI=1S/C31H31N7O3/c1-35-17-21-14-20(6-7-23(21)31(19-35)10-11-31)15-25-32-16-22-28(33-25)38-26-9-8-24-29(34-26)36(27(39)18-41-24)12-4-2-3-5-13-37(38)30(22)40/h3,5-9,14,16H,2,4,10-13,15,17-19H2,1H3/b5-3-. The van der Waals surface area contributed by atoms with Gasteiger partial charge in [0.2, 0.25) is 0 Å². The topological polar surface area (TPSA) is 98.4 Å². The van der Waals surface area contributed by atoms with Crippen molar-refractivity contribution in [3.05, 3.63) is 81.5 Å². The molecule has 41 heavy (non-hydrogen) atoms. The van der Waals surface area contributed by atoms with E-state index in [1.807, 2.05) is 18.2 Å². The summed E-state index contributed by atoms with van der Waals surface area (Å²) in [5.41, 5.74) is 4.72. The maximum atomic E-state index is 13.6. The minimum absolute atomic E-state index is 0.00241. The van der Waals surface area contributed by atoms with Gasteiger partial charge in [-0.3, -0.25) is 14.5 Å². The van der Waals surface area contributed by atoms with Crippen LogP contribution in [0, 0.1) is 0 Å². The van der Waals surface area contributed by atoms with Crippen LogP contribution in [0.3, 0.4) is 0 Å². The van der Waals surface area contributed by atoms with E-state index in [1.165, 1.54) is 24.0 Å². The molecule has 1 fully saturated rings. The molecule has 0 unspecified atom stereocenters. The predicted octanol–water partition coefficient (Wildman–Crippen LogP) is 3.12. The van der Waals surface area contributed by atoms with Crippen LogP contribution in [-0.4, -0.2) is 61.9 Å². The number of anilines is 1. The summed E-state index contributed by atoms with van der Waals surface area (Å²) in [4.78, 5) is 44.8. The number of amides is 1. The van der Waals surface area contributed by atoms with Gasteiger partial charge in [-0.1, -0.05) is 30.4 Å². The molecule has 0 N–H and O–H groups in total. The van der Waals surface area contributed by atoms with E-state index in [1.54, 1.807) is 20.5 Å². The molecule has 208 valence electrons. The van der Waals surface area contributed by atoms with Crippen LogP contribution in [0.2, 0.25) is 0 Å². The third-order valence-corrected chi connectivity index (χ3v) is 8.84. The molecule has 10 nitrogen and oxygen atoms in total. The molecule has 4 aliphatic rings. The number of carbonyl (C=O) groups excluding carboxylic acids is 1. The Kier molecular flexibility index (Phi) is 5.44. The fraction of sp³-hybridized carbons (Fsp3) is 0.387. The number of fused-ring (bicyclic) bond motifs is 7. The first-order valence-corrected chi connectivity index (χ1v) is 14.4. The summed E-state index contributed by atoms with van der Waals surface area (Å²) in [6.45, 7) is 3.02. The van der Waals surface area contributed by atoms with Gasteiger partial charge in [0.15, 0.2) is 29.6 Å². The molecular formula is C31H31N7O3. The molecule has 1 aliphatic carbocycles. The van der Waals surface area contributed by atoms with Crippen LogP contribution < -0.4 is 15.2 Å². The van der Waals surface area contributed by atoms with Crippen LogP contribution in [0.25, 0.3) is 16.9 Å². The van der Waals surface area contributed by atoms with E-state index in [2.05, 4.69) is 41.2 Å². The summed E-state index contributed by atoms with van der Waals surface area (Å²) < 4.78 is 9.06. The van der Waals surface area contributed by atoms with Gasteiger partial charge in [-0.15, -0.1) is 0 Å². The quantitative estimate of drug-likeness (QED) is 0.355. The summed E-state index contributed by atoms with van der Waals surface area (Å²) in [5, 5.41) is 0.434. The van der Waals surface area contributed by atoms with Crippen molar-refractivity contribution in [3.8, 4) is 11.6 Å². The second-order valence-electron chi connectivity index (χ2n) is 11.8. The number of allylic oxidation sites excluding steroid dienone is 2. The highest BCUT2D eigenvalue weighted by Gasteiger charge is 2.48. The molecule has 3 aromatic heterocycles. The van der Waals surface area contributed by atoms with Crippen molar-refractivity contribution >= 4 is 22.8 Å². The Hall–Kier alpha value is -4.31. The van der Waals surface area contributed by atoms with Gasteiger partial charge in [0.1, 0.15) is 11.2 Å². The number of pyridine rings is 1. The van der Waals surface area contributed by atoms with Gasteiger partial charge in [0, 0.05) is 37.7 Å². The lowest BCUT2D eigenvalue weighted by molar-refractivity contribution is -0.121. The molecule has 6 heterocycles. The Balaban J connectivity index is 1.23. The highest BCUT2D eigenvalue weighted by molar-refractivity contribution is 5.96. The average Bonchev–Trinajstić information content (AvgIpc) is 3.66. The molecule has 1 spiro atoms. The number of hydrogen-bond acceptors (Lipinski definition) is 7. The molecule has 0 atom stereocenters. The Labute approximate surface area is 236 Å². The van der Waals surface area contributed by atoms with Crippen LogP contribution >= 0.6 is 0 Å². The number of benzene rings is 1. The van der Waals surface area contributed by atoms with Gasteiger partial charge in [-0.05, 0) is 61.6 Å². The van der Waals surface area contributed by atoms with E-state index in [4.69, 9.17) is 14.7 Å². The van der Waals surface area contributed by atoms with E-state index in [-0.39, 0.29) is 18.1 Å². The highest BCUT2D eigenvalue weighted by Crippen LogP contribution is 2.52. The third kappa shape index (κ3) is 4.00. The zero-order chi connectivity index (χ0) is 27.7. The van der Waals surface area contributed by atoms with Crippen molar-refractivity contribution in [2.75, 3.05) is 31.6 Å². The zero-order valence-corrected chi connectivity index (χ0v) is 23.0. The number of likely N-dealkylation sites (N-methyl/N-ethyl adjacent to an activating group) is 1. The lowest BCUT2D eigenvalue weighted by Gasteiger charge is -2.32. The minimum Gasteiger partial charge on any atom is -0.480 e. The molecule has 0 saturated heterocycles. The summed E-state index contributed by atoms with van der Waals surface area (Å²) in [7, 11) is 2.20. The van der Waals surface area contributed by atoms with Crippen LogP contribution in [0.4, 0.5) is 5.82 Å². The molecule has 1 saturated carbocycles. The normalized spacial score (nSPS) is 20.1. The minimum atomic E-state index is -0.177. The van der Waals surface area contributed by atoms with Gasteiger partial charge in [0.05, 0.1) is 6.54 Å². The summed E-state index contributed by atoms with van der Waals surface area (Å²) in [6.07, 6.45) is 10.4. The third-order valence-electron chi connectivity index (χ3n) is 8.84. The number of hydrogen-bond donors (Lipinski definition) is 0. The van der Waals surface area contributed by atoms with Crippen molar-refractivity contribution in [3.63, 3.8) is 0 Å². The molecule has 4 aromatic rings. The number of carbonyl (C=O) groups is 1. The van der Waals surface area contributed by atoms with E-state index < -0.39 is 0 Å². The van der Waals surface area contributed by atoms with Crippen LogP contribution in [0.5, 0.6) is 5.75 Å². The van der Waals surface area contributed by atoms with E-state index in [0.29, 0.717) is 59.2 Å². The molecular weight excluding hydrogens is 518 g/mol. The summed E-state index contributed by atoms with van der Waals surface area (Å²) in [6, 6.07) is 10.4. The fourth-order valence-corrected chi connectivity index (χ4v) is 6.74. The van der Waals surface area contributed by atoms with Crippen LogP contribution in [0.15, 0.2) is 53.5 Å². The second-order valence-corrected chi connectivity index (χ2v) is 11.8. The van der Waals surface area contributed by atoms with Crippen molar-refractivity contribution in [1.29, 1.82) is 0 Å². The molecule has 3 aliphatic heterocycles.